The van der Waals surface area contributed by atoms with Crippen molar-refractivity contribution in [1.82, 2.24) is 24.4 Å². The Morgan fingerprint density at radius 3 is 2.59 bits per heavy atom. The number of anilines is 1. The lowest BCUT2D eigenvalue weighted by Crippen LogP contribution is -2.70. The normalized spacial score (nSPS) is 27.2. The van der Waals surface area contributed by atoms with E-state index in [0.29, 0.717) is 24.0 Å². The second-order valence-corrected chi connectivity index (χ2v) is 13.1. The zero-order chi connectivity index (χ0) is 28.5. The van der Waals surface area contributed by atoms with Crippen molar-refractivity contribution in [3.8, 4) is 22.9 Å². The van der Waals surface area contributed by atoms with Crippen LogP contribution in [0.3, 0.4) is 0 Å². The van der Waals surface area contributed by atoms with Gasteiger partial charge < -0.3 is 19.6 Å². The van der Waals surface area contributed by atoms with Crippen molar-refractivity contribution in [2.45, 2.75) is 76.7 Å². The van der Waals surface area contributed by atoms with Crippen molar-refractivity contribution in [2.24, 2.45) is 5.41 Å². The second kappa shape index (κ2) is 9.71. The lowest BCUT2D eigenvalue weighted by atomic mass is 9.85. The summed E-state index contributed by atoms with van der Waals surface area (Å²) in [5, 5.41) is 24.4. The maximum atomic E-state index is 12.8. The van der Waals surface area contributed by atoms with Crippen LogP contribution in [-0.2, 0) is 4.79 Å². The third-order valence-corrected chi connectivity index (χ3v) is 9.42. The van der Waals surface area contributed by atoms with Crippen LogP contribution in [0, 0.1) is 16.7 Å². The number of piperazine rings is 1. The van der Waals surface area contributed by atoms with Gasteiger partial charge in [0, 0.05) is 54.5 Å². The van der Waals surface area contributed by atoms with Crippen LogP contribution in [0.1, 0.15) is 52.0 Å². The molecule has 3 aromatic heterocycles. The molecule has 5 saturated heterocycles. The number of aromatic nitrogens is 3. The van der Waals surface area contributed by atoms with E-state index in [-0.39, 0.29) is 35.6 Å². The topological polar surface area (TPSA) is 110 Å². The molecule has 0 spiro atoms. The number of rotatable bonds is 6. The quantitative estimate of drug-likeness (QED) is 0.494. The van der Waals surface area contributed by atoms with E-state index in [9.17, 15) is 15.2 Å². The van der Waals surface area contributed by atoms with Gasteiger partial charge in [0.05, 0.1) is 41.7 Å². The molecule has 8 rings (SSSR count). The van der Waals surface area contributed by atoms with Crippen LogP contribution in [0.4, 0.5) is 5.82 Å². The lowest BCUT2D eigenvalue weighted by Gasteiger charge is -2.57. The first kappa shape index (κ1) is 26.2. The molecule has 0 saturated carbocycles. The predicted molar refractivity (Wildman–Crippen MR) is 153 cm³/mol. The minimum absolute atomic E-state index is 0.209. The fraction of sp³-hybridized carbons (Fsp3) is 0.548. The highest BCUT2D eigenvalue weighted by Crippen LogP contribution is 2.39. The molecule has 3 aromatic rings. The minimum atomic E-state index is -0.371. The summed E-state index contributed by atoms with van der Waals surface area (Å²) in [6.45, 7) is 8.68. The molecule has 10 heteroatoms. The molecule has 1 N–H and O–H groups in total. The van der Waals surface area contributed by atoms with E-state index >= 15 is 0 Å². The first-order chi connectivity index (χ1) is 19.7. The van der Waals surface area contributed by atoms with E-state index in [1.165, 1.54) is 0 Å². The predicted octanol–water partition coefficient (Wildman–Crippen LogP) is 3.08. The van der Waals surface area contributed by atoms with Crippen molar-refractivity contribution in [2.75, 3.05) is 31.1 Å². The zero-order valence-electron chi connectivity index (χ0n) is 23.9. The van der Waals surface area contributed by atoms with Crippen molar-refractivity contribution in [3.63, 3.8) is 0 Å². The van der Waals surface area contributed by atoms with Crippen molar-refractivity contribution in [3.05, 3.63) is 42.4 Å². The molecule has 4 bridgehead atoms. The van der Waals surface area contributed by atoms with Gasteiger partial charge in [0.15, 0.2) is 0 Å². The SMILES string of the molecule is CC(C)(C)C(=O)N1CC2CC(C1)N2c1ccc(-c2cc(OCCN3C4CCC3C(O)C4)cn3ncc(C#N)c23)cn1. The molecule has 10 nitrogen and oxygen atoms in total. The van der Waals surface area contributed by atoms with Crippen LogP contribution < -0.4 is 9.64 Å². The number of nitriles is 1. The van der Waals surface area contributed by atoms with Crippen LogP contribution in [0.2, 0.25) is 0 Å². The number of hydrogen-bond acceptors (Lipinski definition) is 8. The Labute approximate surface area is 240 Å². The molecule has 41 heavy (non-hydrogen) atoms. The number of aliphatic hydroxyl groups excluding tert-OH is 1. The van der Waals surface area contributed by atoms with Crippen molar-refractivity contribution in [1.29, 1.82) is 5.26 Å². The van der Waals surface area contributed by atoms with Crippen LogP contribution >= 0.6 is 0 Å². The number of ether oxygens (including phenoxy) is 1. The molecular formula is C31H37N7O3. The van der Waals surface area contributed by atoms with Gasteiger partial charge in [-0.05, 0) is 43.9 Å². The Kier molecular flexibility index (Phi) is 6.21. The summed E-state index contributed by atoms with van der Waals surface area (Å²) in [4.78, 5) is 24.4. The zero-order valence-corrected chi connectivity index (χ0v) is 23.9. The van der Waals surface area contributed by atoms with E-state index in [4.69, 9.17) is 9.72 Å². The third-order valence-electron chi connectivity index (χ3n) is 9.42. The maximum absolute atomic E-state index is 12.8. The maximum Gasteiger partial charge on any atom is 0.228 e. The number of aliphatic hydroxyl groups is 1. The number of piperidine rings is 1. The summed E-state index contributed by atoms with van der Waals surface area (Å²) in [6, 6.07) is 9.60. The number of carbonyl (C=O) groups excluding carboxylic acids is 1. The number of hydrogen-bond donors (Lipinski definition) is 1. The number of amides is 1. The first-order valence-electron chi connectivity index (χ1n) is 14.7. The van der Waals surface area contributed by atoms with Crippen LogP contribution in [0.15, 0.2) is 36.8 Å². The number of nitrogens with zero attached hydrogens (tertiary/aromatic N) is 7. The Morgan fingerprint density at radius 1 is 1.15 bits per heavy atom. The molecule has 8 heterocycles. The molecule has 5 aliphatic rings. The fourth-order valence-electron chi connectivity index (χ4n) is 7.49. The van der Waals surface area contributed by atoms with E-state index in [2.05, 4.69) is 21.0 Å². The summed E-state index contributed by atoms with van der Waals surface area (Å²) >= 11 is 0. The fourth-order valence-corrected chi connectivity index (χ4v) is 7.49. The van der Waals surface area contributed by atoms with Crippen LogP contribution in [0.25, 0.3) is 16.6 Å². The molecule has 0 radical (unpaired) electrons. The van der Waals surface area contributed by atoms with Gasteiger partial charge >= 0.3 is 0 Å². The second-order valence-electron chi connectivity index (χ2n) is 13.1. The number of carbonyl (C=O) groups is 1. The highest BCUT2D eigenvalue weighted by atomic mass is 16.5. The Balaban J connectivity index is 1.09. The number of pyridine rings is 2. The van der Waals surface area contributed by atoms with E-state index in [0.717, 1.165) is 67.8 Å². The molecule has 5 aliphatic heterocycles. The van der Waals surface area contributed by atoms with Crippen molar-refractivity contribution < 1.29 is 14.6 Å². The Hall–Kier alpha value is -3.68. The van der Waals surface area contributed by atoms with Gasteiger partial charge in [-0.25, -0.2) is 9.50 Å². The van der Waals surface area contributed by atoms with Crippen LogP contribution in [0.5, 0.6) is 5.75 Å². The molecule has 0 aliphatic carbocycles. The average Bonchev–Trinajstić information content (AvgIpc) is 3.64. The lowest BCUT2D eigenvalue weighted by molar-refractivity contribution is -0.142. The average molecular weight is 556 g/mol. The first-order valence-corrected chi connectivity index (χ1v) is 14.7. The summed E-state index contributed by atoms with van der Waals surface area (Å²) in [6.07, 6.45) is 9.19. The smallest absolute Gasteiger partial charge is 0.228 e. The molecule has 214 valence electrons. The molecule has 0 aromatic carbocycles. The molecule has 5 unspecified atom stereocenters. The summed E-state index contributed by atoms with van der Waals surface area (Å²) < 4.78 is 7.91. The van der Waals surface area contributed by atoms with E-state index < -0.39 is 0 Å². The van der Waals surface area contributed by atoms with Gasteiger partial charge in [0.2, 0.25) is 5.91 Å². The molecule has 5 atom stereocenters. The molecule has 5 fully saturated rings. The van der Waals surface area contributed by atoms with Gasteiger partial charge in [-0.15, -0.1) is 0 Å². The van der Waals surface area contributed by atoms with Crippen molar-refractivity contribution >= 4 is 17.2 Å². The molecule has 1 amide bonds. The summed E-state index contributed by atoms with van der Waals surface area (Å²) in [5.41, 5.74) is 2.59. The van der Waals surface area contributed by atoms with E-state index in [1.807, 2.05) is 56.3 Å². The highest BCUT2D eigenvalue weighted by Gasteiger charge is 2.48. The standard InChI is InChI=1S/C31H37N7O3/c1-31(2,3)30(40)35-16-22-10-23(17-35)38(22)28-7-4-19(14-33-28)25-12-24(18-37-29(25)20(13-32)15-34-37)41-9-8-36-21-5-6-26(36)27(39)11-21/h4,7,12,14-15,18,21-23,26-27,39H,5-6,8-11,16-17H2,1-3H3. The highest BCUT2D eigenvalue weighted by molar-refractivity contribution is 5.85. The van der Waals surface area contributed by atoms with Gasteiger partial charge in [-0.1, -0.05) is 20.8 Å². The molecular weight excluding hydrogens is 518 g/mol. The third kappa shape index (κ3) is 4.43. The largest absolute Gasteiger partial charge is 0.491 e. The van der Waals surface area contributed by atoms with Gasteiger partial charge in [-0.3, -0.25) is 9.69 Å². The Bertz CT molecular complexity index is 1510. The summed E-state index contributed by atoms with van der Waals surface area (Å²) in [7, 11) is 0. The summed E-state index contributed by atoms with van der Waals surface area (Å²) in [5.74, 6) is 1.80. The minimum Gasteiger partial charge on any atom is -0.491 e. The van der Waals surface area contributed by atoms with E-state index in [1.54, 1.807) is 10.7 Å². The van der Waals surface area contributed by atoms with Crippen LogP contribution in [-0.4, -0.2) is 91.9 Å². The van der Waals surface area contributed by atoms with Gasteiger partial charge in [0.1, 0.15) is 24.2 Å². The number of fused-ring (bicyclic) bond motifs is 5. The monoisotopic (exact) mass is 555 g/mol. The van der Waals surface area contributed by atoms with Gasteiger partial charge in [0.25, 0.3) is 0 Å². The van der Waals surface area contributed by atoms with Gasteiger partial charge in [-0.2, -0.15) is 10.4 Å². The Morgan fingerprint density at radius 2 is 1.95 bits per heavy atom.